The molecule has 0 unspecified atom stereocenters. The molecule has 0 aromatic rings. The second kappa shape index (κ2) is 25.3. The van der Waals surface area contributed by atoms with E-state index in [1.165, 1.54) is 25.2 Å². The predicted octanol–water partition coefficient (Wildman–Crippen LogP) is -0.385. The van der Waals surface area contributed by atoms with Crippen molar-refractivity contribution in [2.24, 2.45) is 0 Å². The third-order valence-corrected chi connectivity index (χ3v) is 7.82. The van der Waals surface area contributed by atoms with Crippen molar-refractivity contribution >= 4 is 41.4 Å². The van der Waals surface area contributed by atoms with Gasteiger partial charge in [-0.3, -0.25) is 44.4 Å². The lowest BCUT2D eigenvalue weighted by Crippen LogP contribution is -2.61. The van der Waals surface area contributed by atoms with Gasteiger partial charge in [0.25, 0.3) is 17.7 Å². The van der Waals surface area contributed by atoms with Gasteiger partial charge in [0, 0.05) is 64.4 Å². The van der Waals surface area contributed by atoms with Crippen LogP contribution in [0, 0.1) is 0 Å². The molecule has 0 saturated carbocycles. The third kappa shape index (κ3) is 19.1. The van der Waals surface area contributed by atoms with Crippen molar-refractivity contribution in [3.63, 3.8) is 0 Å². The van der Waals surface area contributed by atoms with Gasteiger partial charge in [-0.2, -0.15) is 0 Å². The Morgan fingerprint density at radius 2 is 1.21 bits per heavy atom. The zero-order chi connectivity index (χ0) is 39.9. The van der Waals surface area contributed by atoms with Crippen LogP contribution in [-0.2, 0) is 38.3 Å². The zero-order valence-electron chi connectivity index (χ0n) is 30.5. The quantitative estimate of drug-likeness (QED) is 0.0205. The molecule has 1 saturated heterocycles. The summed E-state index contributed by atoms with van der Waals surface area (Å²) < 4.78 is 5.17. The number of piperazine rings is 1. The van der Waals surface area contributed by atoms with Crippen molar-refractivity contribution in [2.75, 3.05) is 39.5 Å². The van der Waals surface area contributed by atoms with Crippen LogP contribution < -0.4 is 16.0 Å². The molecule has 53 heavy (non-hydrogen) atoms. The molecule has 0 aromatic carbocycles. The molecule has 8 N–H and O–H groups in total. The molecular weight excluding hydrogens is 700 g/mol. The van der Waals surface area contributed by atoms with E-state index in [1.54, 1.807) is 13.8 Å². The van der Waals surface area contributed by atoms with Crippen LogP contribution in [0.2, 0.25) is 0 Å². The molecule has 19 nitrogen and oxygen atoms in total. The average molecular weight is 755 g/mol. The number of hydroxylamine groups is 6. The molecule has 0 bridgehead atoms. The standard InChI is InChI=1S/C34H54N6O13/c1-23(13-18-41)21-30(45)39(51)16-7-10-27-33(48)36-26(32(47)37-27)9-6-15-38(50)29(44)12-4-5-20-53-34(49)28(35-25(3)43)11-8-17-40(52)31(46)22-24(2)14-19-42/h4,12,21-22,26-28,41-42,50-52H,5-11,13-20H2,1-3H3,(H,35,43)(H,36,48)(H,37,47)/b12-4?,23-21+,24-22+/t26-,27-,28+/m1/s1. The van der Waals surface area contributed by atoms with Gasteiger partial charge in [0.1, 0.15) is 18.1 Å². The van der Waals surface area contributed by atoms with E-state index in [4.69, 9.17) is 14.9 Å². The highest BCUT2D eigenvalue weighted by atomic mass is 16.5. The van der Waals surface area contributed by atoms with Crippen LogP contribution in [0.25, 0.3) is 0 Å². The van der Waals surface area contributed by atoms with E-state index < -0.39 is 59.5 Å². The van der Waals surface area contributed by atoms with Crippen LogP contribution in [0.3, 0.4) is 0 Å². The molecule has 0 aromatic heterocycles. The molecule has 0 aliphatic carbocycles. The summed E-state index contributed by atoms with van der Waals surface area (Å²) in [7, 11) is 0. The monoisotopic (exact) mass is 754 g/mol. The Balaban J connectivity index is 2.40. The second-order valence-electron chi connectivity index (χ2n) is 12.5. The first-order chi connectivity index (χ1) is 25.1. The predicted molar refractivity (Wildman–Crippen MR) is 185 cm³/mol. The van der Waals surface area contributed by atoms with Gasteiger partial charge >= 0.3 is 5.97 Å². The van der Waals surface area contributed by atoms with E-state index in [1.807, 2.05) is 0 Å². The number of carbonyl (C=O) groups is 7. The van der Waals surface area contributed by atoms with E-state index in [2.05, 4.69) is 16.0 Å². The molecule has 3 atom stereocenters. The van der Waals surface area contributed by atoms with Crippen LogP contribution >= 0.6 is 0 Å². The van der Waals surface area contributed by atoms with E-state index in [9.17, 15) is 49.2 Å². The van der Waals surface area contributed by atoms with Gasteiger partial charge in [0.05, 0.1) is 6.61 Å². The van der Waals surface area contributed by atoms with Crippen molar-refractivity contribution < 1.29 is 64.1 Å². The van der Waals surface area contributed by atoms with Gasteiger partial charge in [0.2, 0.25) is 17.7 Å². The lowest BCUT2D eigenvalue weighted by molar-refractivity contribution is -0.160. The van der Waals surface area contributed by atoms with Crippen LogP contribution in [0.5, 0.6) is 0 Å². The third-order valence-electron chi connectivity index (χ3n) is 7.82. The van der Waals surface area contributed by atoms with Gasteiger partial charge in [-0.1, -0.05) is 17.2 Å². The molecule has 1 heterocycles. The van der Waals surface area contributed by atoms with Crippen molar-refractivity contribution in [2.45, 2.75) is 96.7 Å². The fourth-order valence-corrected chi connectivity index (χ4v) is 4.91. The molecular formula is C34H54N6O13. The number of carbonyl (C=O) groups excluding carboxylic acids is 7. The van der Waals surface area contributed by atoms with Gasteiger partial charge in [-0.25, -0.2) is 20.0 Å². The topological polar surface area (TPSA) is 276 Å². The number of hydrogen-bond acceptors (Lipinski definition) is 13. The van der Waals surface area contributed by atoms with Crippen molar-refractivity contribution in [1.82, 2.24) is 31.1 Å². The molecule has 0 radical (unpaired) electrons. The molecule has 1 fully saturated rings. The van der Waals surface area contributed by atoms with E-state index in [0.717, 1.165) is 6.08 Å². The first-order valence-electron chi connectivity index (χ1n) is 17.4. The number of ether oxygens (including phenoxy) is 1. The fourth-order valence-electron chi connectivity index (χ4n) is 4.91. The Morgan fingerprint density at radius 3 is 1.66 bits per heavy atom. The van der Waals surface area contributed by atoms with Gasteiger partial charge in [-0.05, 0) is 65.2 Å². The van der Waals surface area contributed by atoms with Crippen molar-refractivity contribution in [3.05, 3.63) is 35.5 Å². The summed E-state index contributed by atoms with van der Waals surface area (Å²) in [5.41, 5.74) is 1.17. The largest absolute Gasteiger partial charge is 0.464 e. The number of hydrogen-bond donors (Lipinski definition) is 8. The highest BCUT2D eigenvalue weighted by Crippen LogP contribution is 2.10. The Labute approximate surface area is 308 Å². The minimum Gasteiger partial charge on any atom is -0.464 e. The minimum atomic E-state index is -1.05. The zero-order valence-corrected chi connectivity index (χ0v) is 30.5. The Morgan fingerprint density at radius 1 is 0.755 bits per heavy atom. The lowest BCUT2D eigenvalue weighted by atomic mass is 10.0. The van der Waals surface area contributed by atoms with Crippen molar-refractivity contribution in [1.29, 1.82) is 0 Å². The van der Waals surface area contributed by atoms with Crippen LogP contribution in [0.15, 0.2) is 35.5 Å². The summed E-state index contributed by atoms with van der Waals surface area (Å²) in [6, 6.07) is -2.80. The molecule has 1 rings (SSSR count). The number of aliphatic hydroxyl groups is 2. The average Bonchev–Trinajstić information content (AvgIpc) is 3.08. The summed E-state index contributed by atoms with van der Waals surface area (Å²) in [4.78, 5) is 85.4. The molecule has 1 aliphatic rings. The molecule has 19 heteroatoms. The number of aliphatic hydroxyl groups excluding tert-OH is 2. The maximum atomic E-state index is 12.5. The SMILES string of the molecule is CC(=O)N[C@@H](CCCN(O)C(=O)/C=C(\C)CCO)C(=O)OCCC=CC(=O)N(O)CCC[C@H]1NC(=O)[C@@H](CCCN(O)C(=O)/C=C(\C)CCO)NC1=O. The van der Waals surface area contributed by atoms with Crippen molar-refractivity contribution in [3.8, 4) is 0 Å². The van der Waals surface area contributed by atoms with Crippen LogP contribution in [0.1, 0.15) is 78.6 Å². The number of nitrogens with zero attached hydrogens (tertiary/aromatic N) is 3. The number of esters is 1. The number of amides is 6. The maximum absolute atomic E-state index is 12.5. The lowest BCUT2D eigenvalue weighted by Gasteiger charge is -2.30. The summed E-state index contributed by atoms with van der Waals surface area (Å²) in [6.45, 7) is 3.71. The van der Waals surface area contributed by atoms with E-state index in [-0.39, 0.29) is 90.8 Å². The number of rotatable bonds is 24. The smallest absolute Gasteiger partial charge is 0.328 e. The molecule has 1 aliphatic heterocycles. The van der Waals surface area contributed by atoms with E-state index >= 15 is 0 Å². The maximum Gasteiger partial charge on any atom is 0.328 e. The Kier molecular flexibility index (Phi) is 22.1. The highest BCUT2D eigenvalue weighted by molar-refractivity contribution is 5.97. The molecule has 6 amide bonds. The Hall–Kier alpha value is -4.69. The molecule has 0 spiro atoms. The first kappa shape index (κ1) is 46.3. The molecule has 298 valence electrons. The summed E-state index contributed by atoms with van der Waals surface area (Å²) >= 11 is 0. The van der Waals surface area contributed by atoms with Crippen LogP contribution in [-0.4, -0.2) is 140 Å². The van der Waals surface area contributed by atoms with Gasteiger partial charge in [0.15, 0.2) is 0 Å². The van der Waals surface area contributed by atoms with Gasteiger partial charge < -0.3 is 30.9 Å². The fraction of sp³-hybridized carbons (Fsp3) is 0.618. The summed E-state index contributed by atoms with van der Waals surface area (Å²) in [6.07, 6.45) is 6.35. The number of nitrogens with one attached hydrogen (secondary N) is 3. The van der Waals surface area contributed by atoms with Crippen LogP contribution in [0.4, 0.5) is 0 Å². The van der Waals surface area contributed by atoms with E-state index in [0.29, 0.717) is 32.8 Å². The summed E-state index contributed by atoms with van der Waals surface area (Å²) in [5, 5.41) is 56.8. The minimum absolute atomic E-state index is 0.0566. The normalized spacial score (nSPS) is 16.8. The van der Waals surface area contributed by atoms with Gasteiger partial charge in [-0.15, -0.1) is 0 Å². The summed E-state index contributed by atoms with van der Waals surface area (Å²) in [5.74, 6) is -4.28. The Bertz CT molecular complexity index is 1350. The second-order valence-corrected chi connectivity index (χ2v) is 12.5. The first-order valence-corrected chi connectivity index (χ1v) is 17.4. The highest BCUT2D eigenvalue weighted by Gasteiger charge is 2.33.